The second kappa shape index (κ2) is 9.19. The lowest BCUT2D eigenvalue weighted by molar-refractivity contribution is 0.346. The molecule has 0 fully saturated rings. The molecule has 3 aromatic rings. The van der Waals surface area contributed by atoms with Crippen LogP contribution >= 0.6 is 0 Å². The number of benzene rings is 1. The summed E-state index contributed by atoms with van der Waals surface area (Å²) in [6.07, 6.45) is 3.38. The van der Waals surface area contributed by atoms with Gasteiger partial charge in [-0.2, -0.15) is 5.26 Å². The highest BCUT2D eigenvalue weighted by Gasteiger charge is 2.36. The number of nitriles is 1. The molecule has 0 bridgehead atoms. The molecule has 2 N–H and O–H groups in total. The summed E-state index contributed by atoms with van der Waals surface area (Å²) in [4.78, 5) is 18.0. The zero-order chi connectivity index (χ0) is 24.4. The number of allylic oxidation sites excluding steroid dienone is 1. The number of aromatic nitrogens is 2. The lowest BCUT2D eigenvalue weighted by Crippen LogP contribution is -2.33. The van der Waals surface area contributed by atoms with Crippen molar-refractivity contribution >= 4 is 0 Å². The lowest BCUT2D eigenvalue weighted by atomic mass is 9.83. The van der Waals surface area contributed by atoms with Gasteiger partial charge in [0.2, 0.25) is 5.88 Å². The van der Waals surface area contributed by atoms with Crippen LogP contribution in [0.25, 0.3) is 0 Å². The molecule has 0 aliphatic carbocycles. The molecule has 9 heteroatoms. The normalized spacial score (nSPS) is 14.6. The van der Waals surface area contributed by atoms with Crippen molar-refractivity contribution in [3.63, 3.8) is 0 Å². The van der Waals surface area contributed by atoms with Crippen LogP contribution in [0, 0.1) is 18.3 Å². The first-order valence-corrected chi connectivity index (χ1v) is 10.4. The maximum Gasteiger partial charge on any atom is 0.259 e. The van der Waals surface area contributed by atoms with Crippen molar-refractivity contribution in [1.29, 1.82) is 5.26 Å². The van der Waals surface area contributed by atoms with Gasteiger partial charge in [0, 0.05) is 35.8 Å². The molecule has 0 spiro atoms. The number of methoxy groups -OCH3 is 3. The first-order valence-electron chi connectivity index (χ1n) is 10.4. The van der Waals surface area contributed by atoms with Gasteiger partial charge in [0.15, 0.2) is 11.5 Å². The van der Waals surface area contributed by atoms with E-state index in [0.29, 0.717) is 40.8 Å². The van der Waals surface area contributed by atoms with Crippen molar-refractivity contribution in [3.8, 4) is 29.1 Å². The summed E-state index contributed by atoms with van der Waals surface area (Å²) in [6.45, 7) is 2.12. The van der Waals surface area contributed by atoms with Gasteiger partial charge in [-0.25, -0.2) is 0 Å². The van der Waals surface area contributed by atoms with E-state index in [2.05, 4.69) is 11.1 Å². The molecular weight excluding hydrogens is 436 g/mol. The van der Waals surface area contributed by atoms with Gasteiger partial charge in [0.25, 0.3) is 5.56 Å². The van der Waals surface area contributed by atoms with Crippen molar-refractivity contribution in [3.05, 3.63) is 86.9 Å². The Bertz CT molecular complexity index is 1370. The van der Waals surface area contributed by atoms with Crippen LogP contribution in [-0.4, -0.2) is 30.9 Å². The van der Waals surface area contributed by atoms with E-state index < -0.39 is 5.92 Å². The standard InChI is InChI=1S/C25H24N4O5/c1-14-8-21-23(25(30)29(14)13-15-6-5-7-28-12-15)22(17(11-26)24(27)34-21)16-9-19(32-3)20(33-4)10-18(16)31-2/h5-10,12,22H,13,27H2,1-4H3/t22-/m1/s1. The average Bonchev–Trinajstić information content (AvgIpc) is 2.85. The fourth-order valence-corrected chi connectivity index (χ4v) is 4.15. The molecule has 0 saturated heterocycles. The molecule has 174 valence electrons. The Hall–Kier alpha value is -4.45. The fourth-order valence-electron chi connectivity index (χ4n) is 4.15. The minimum Gasteiger partial charge on any atom is -0.496 e. The summed E-state index contributed by atoms with van der Waals surface area (Å²) in [5, 5.41) is 9.98. The topological polar surface area (TPSA) is 122 Å². The average molecular weight is 460 g/mol. The fraction of sp³-hybridized carbons (Fsp3) is 0.240. The number of hydrogen-bond acceptors (Lipinski definition) is 8. The third-order valence-corrected chi connectivity index (χ3v) is 5.80. The number of hydrogen-bond donors (Lipinski definition) is 1. The molecule has 0 saturated carbocycles. The van der Waals surface area contributed by atoms with E-state index in [4.69, 9.17) is 24.7 Å². The van der Waals surface area contributed by atoms with Crippen LogP contribution in [0.3, 0.4) is 0 Å². The zero-order valence-corrected chi connectivity index (χ0v) is 19.3. The van der Waals surface area contributed by atoms with Gasteiger partial charge in [0.1, 0.15) is 23.1 Å². The van der Waals surface area contributed by atoms with Gasteiger partial charge in [-0.1, -0.05) is 6.07 Å². The van der Waals surface area contributed by atoms with Crippen LogP contribution in [0.4, 0.5) is 0 Å². The third-order valence-electron chi connectivity index (χ3n) is 5.80. The van der Waals surface area contributed by atoms with Crippen LogP contribution in [0.15, 0.2) is 59.0 Å². The number of aryl methyl sites for hydroxylation is 1. The van der Waals surface area contributed by atoms with Gasteiger partial charge in [-0.3, -0.25) is 9.78 Å². The number of nitrogens with two attached hydrogens (primary N) is 1. The highest BCUT2D eigenvalue weighted by atomic mass is 16.5. The van der Waals surface area contributed by atoms with Crippen molar-refractivity contribution in [2.24, 2.45) is 5.73 Å². The summed E-state index contributed by atoms with van der Waals surface area (Å²) >= 11 is 0. The highest BCUT2D eigenvalue weighted by molar-refractivity contribution is 5.61. The molecule has 4 rings (SSSR count). The van der Waals surface area contributed by atoms with Gasteiger partial charge in [-0.15, -0.1) is 0 Å². The number of nitrogens with zero attached hydrogens (tertiary/aromatic N) is 3. The molecule has 2 aromatic heterocycles. The van der Waals surface area contributed by atoms with E-state index in [0.717, 1.165) is 5.56 Å². The van der Waals surface area contributed by atoms with E-state index >= 15 is 0 Å². The van der Waals surface area contributed by atoms with Crippen LogP contribution in [0.2, 0.25) is 0 Å². The largest absolute Gasteiger partial charge is 0.496 e. The SMILES string of the molecule is COc1cc(OC)c([C@@H]2C(C#N)=C(N)Oc3cc(C)n(Cc4cccnc4)c(=O)c32)cc1OC. The van der Waals surface area contributed by atoms with Crippen molar-refractivity contribution < 1.29 is 18.9 Å². The highest BCUT2D eigenvalue weighted by Crippen LogP contribution is 2.46. The van der Waals surface area contributed by atoms with Gasteiger partial charge in [-0.05, 0) is 24.6 Å². The third kappa shape index (κ3) is 3.79. The Kier molecular flexibility index (Phi) is 6.15. The molecule has 34 heavy (non-hydrogen) atoms. The minimum absolute atomic E-state index is 0.0688. The summed E-state index contributed by atoms with van der Waals surface area (Å²) in [5.74, 6) is 0.671. The maximum absolute atomic E-state index is 13.9. The maximum atomic E-state index is 13.9. The number of pyridine rings is 2. The van der Waals surface area contributed by atoms with Gasteiger partial charge < -0.3 is 29.2 Å². The predicted octanol–water partition coefficient (Wildman–Crippen LogP) is 2.84. The summed E-state index contributed by atoms with van der Waals surface area (Å²) in [5.41, 5.74) is 8.28. The first kappa shape index (κ1) is 22.7. The molecule has 9 nitrogen and oxygen atoms in total. The predicted molar refractivity (Wildman–Crippen MR) is 124 cm³/mol. The summed E-state index contributed by atoms with van der Waals surface area (Å²) in [7, 11) is 4.52. The van der Waals surface area contributed by atoms with E-state index in [1.54, 1.807) is 35.2 Å². The first-order chi connectivity index (χ1) is 16.4. The van der Waals surface area contributed by atoms with E-state index in [-0.39, 0.29) is 22.6 Å². The number of ether oxygens (including phenoxy) is 4. The van der Waals surface area contributed by atoms with Crippen LogP contribution in [-0.2, 0) is 6.54 Å². The van der Waals surface area contributed by atoms with Crippen molar-refractivity contribution in [1.82, 2.24) is 9.55 Å². The van der Waals surface area contributed by atoms with E-state index in [1.165, 1.54) is 21.3 Å². The number of fused-ring (bicyclic) bond motifs is 1. The van der Waals surface area contributed by atoms with E-state index in [9.17, 15) is 10.1 Å². The molecule has 0 radical (unpaired) electrons. The summed E-state index contributed by atoms with van der Waals surface area (Å²) in [6, 6.07) is 10.9. The molecule has 0 unspecified atom stereocenters. The minimum atomic E-state index is -0.836. The molecule has 3 heterocycles. The monoisotopic (exact) mass is 460 g/mol. The Morgan fingerprint density at radius 2 is 1.85 bits per heavy atom. The Labute approximate surface area is 196 Å². The lowest BCUT2D eigenvalue weighted by Gasteiger charge is -2.28. The molecule has 1 aromatic carbocycles. The van der Waals surface area contributed by atoms with Crippen molar-refractivity contribution in [2.45, 2.75) is 19.4 Å². The second-order valence-corrected chi connectivity index (χ2v) is 7.69. The second-order valence-electron chi connectivity index (χ2n) is 7.69. The van der Waals surface area contributed by atoms with Gasteiger partial charge >= 0.3 is 0 Å². The molecule has 1 aliphatic heterocycles. The van der Waals surface area contributed by atoms with E-state index in [1.807, 2.05) is 19.1 Å². The summed E-state index contributed by atoms with van der Waals surface area (Å²) < 4.78 is 23.8. The van der Waals surface area contributed by atoms with Crippen molar-refractivity contribution in [2.75, 3.05) is 21.3 Å². The van der Waals surface area contributed by atoms with Crippen LogP contribution in [0.5, 0.6) is 23.0 Å². The Morgan fingerprint density at radius 1 is 1.15 bits per heavy atom. The zero-order valence-electron chi connectivity index (χ0n) is 19.3. The Balaban J connectivity index is 1.99. The van der Waals surface area contributed by atoms with Crippen LogP contribution < -0.4 is 30.2 Å². The van der Waals surface area contributed by atoms with Gasteiger partial charge in [0.05, 0.1) is 39.4 Å². The molecule has 1 atom stereocenters. The molecule has 1 aliphatic rings. The molecular formula is C25H24N4O5. The quantitative estimate of drug-likeness (QED) is 0.596. The Morgan fingerprint density at radius 3 is 2.47 bits per heavy atom. The smallest absolute Gasteiger partial charge is 0.259 e. The van der Waals surface area contributed by atoms with Crippen LogP contribution in [0.1, 0.15) is 28.3 Å². The molecule has 0 amide bonds. The number of rotatable bonds is 6.